The van der Waals surface area contributed by atoms with Gasteiger partial charge in [0.15, 0.2) is 0 Å². The molecule has 92 valence electrons. The molecule has 6 heteroatoms. The van der Waals surface area contributed by atoms with Crippen molar-refractivity contribution in [2.24, 2.45) is 0 Å². The molecule has 1 atom stereocenters. The van der Waals surface area contributed by atoms with Crippen molar-refractivity contribution in [2.45, 2.75) is 19.9 Å². The van der Waals surface area contributed by atoms with Crippen molar-refractivity contribution in [3.63, 3.8) is 0 Å². The topological polar surface area (TPSA) is 91.3 Å². The van der Waals surface area contributed by atoms with Crippen molar-refractivity contribution in [1.82, 2.24) is 15.6 Å². The minimum atomic E-state index is -0.634. The average molecular weight is 237 g/mol. The van der Waals surface area contributed by atoms with Crippen LogP contribution in [0.5, 0.6) is 5.75 Å². The van der Waals surface area contributed by atoms with Crippen molar-refractivity contribution in [1.29, 1.82) is 0 Å². The van der Waals surface area contributed by atoms with E-state index in [9.17, 15) is 9.59 Å². The highest BCUT2D eigenvalue weighted by molar-refractivity contribution is 5.97. The quantitative estimate of drug-likeness (QED) is 0.689. The summed E-state index contributed by atoms with van der Waals surface area (Å²) < 4.78 is 0. The van der Waals surface area contributed by atoms with Crippen LogP contribution in [0.1, 0.15) is 24.2 Å². The number of pyridine rings is 1. The third-order valence-corrected chi connectivity index (χ3v) is 2.08. The van der Waals surface area contributed by atoms with Crippen molar-refractivity contribution in [3.8, 4) is 5.75 Å². The first-order chi connectivity index (χ1) is 8.04. The number of nitrogens with one attached hydrogen (secondary N) is 2. The number of carbonyl (C=O) groups excluding carboxylic acids is 2. The van der Waals surface area contributed by atoms with E-state index in [2.05, 4.69) is 15.6 Å². The predicted octanol–water partition coefficient (Wildman–Crippen LogP) is 0.0416. The Morgan fingerprint density at radius 3 is 2.76 bits per heavy atom. The molecular formula is C11H15N3O3. The van der Waals surface area contributed by atoms with E-state index in [1.54, 1.807) is 13.8 Å². The number of amides is 2. The lowest BCUT2D eigenvalue weighted by Crippen LogP contribution is -2.44. The number of hydrogen-bond acceptors (Lipinski definition) is 4. The van der Waals surface area contributed by atoms with E-state index in [-0.39, 0.29) is 17.2 Å². The van der Waals surface area contributed by atoms with Gasteiger partial charge in [-0.15, -0.1) is 0 Å². The van der Waals surface area contributed by atoms with Crippen LogP contribution in [0.2, 0.25) is 0 Å². The second kappa shape index (κ2) is 5.83. The molecule has 0 spiro atoms. The molecule has 1 rings (SSSR count). The van der Waals surface area contributed by atoms with Gasteiger partial charge in [0.1, 0.15) is 11.8 Å². The number of aromatic nitrogens is 1. The van der Waals surface area contributed by atoms with Gasteiger partial charge in [-0.2, -0.15) is 0 Å². The summed E-state index contributed by atoms with van der Waals surface area (Å²) in [5, 5.41) is 14.3. The smallest absolute Gasteiger partial charge is 0.253 e. The number of rotatable bonds is 4. The summed E-state index contributed by atoms with van der Waals surface area (Å²) in [7, 11) is 0. The molecule has 17 heavy (non-hydrogen) atoms. The lowest BCUT2D eigenvalue weighted by atomic mass is 10.2. The monoisotopic (exact) mass is 237 g/mol. The third kappa shape index (κ3) is 3.75. The first kappa shape index (κ1) is 13.0. The fourth-order valence-corrected chi connectivity index (χ4v) is 1.22. The minimum Gasteiger partial charge on any atom is -0.506 e. The lowest BCUT2D eigenvalue weighted by Gasteiger charge is -2.13. The van der Waals surface area contributed by atoms with Crippen molar-refractivity contribution < 1.29 is 14.7 Å². The van der Waals surface area contributed by atoms with Gasteiger partial charge < -0.3 is 15.7 Å². The maximum atomic E-state index is 11.7. The Morgan fingerprint density at radius 1 is 1.47 bits per heavy atom. The minimum absolute atomic E-state index is 0.0942. The van der Waals surface area contributed by atoms with Crippen LogP contribution in [0.25, 0.3) is 0 Å². The van der Waals surface area contributed by atoms with Gasteiger partial charge in [-0.05, 0) is 19.9 Å². The number of hydrogen-bond donors (Lipinski definition) is 3. The van der Waals surface area contributed by atoms with E-state index in [4.69, 9.17) is 5.11 Å². The highest BCUT2D eigenvalue weighted by Crippen LogP contribution is 2.08. The highest BCUT2D eigenvalue weighted by Gasteiger charge is 2.16. The normalized spacial score (nSPS) is 11.6. The molecule has 6 nitrogen and oxygen atoms in total. The fourth-order valence-electron chi connectivity index (χ4n) is 1.22. The molecule has 0 saturated carbocycles. The summed E-state index contributed by atoms with van der Waals surface area (Å²) in [6.45, 7) is 3.89. The molecule has 1 aromatic heterocycles. The van der Waals surface area contributed by atoms with Crippen LogP contribution in [0.3, 0.4) is 0 Å². The summed E-state index contributed by atoms with van der Waals surface area (Å²) in [5.41, 5.74) is 0.209. The van der Waals surface area contributed by atoms with E-state index in [0.717, 1.165) is 0 Å². The molecule has 0 aliphatic carbocycles. The Kier molecular flexibility index (Phi) is 4.45. The first-order valence-corrected chi connectivity index (χ1v) is 5.27. The fraction of sp³-hybridized carbons (Fsp3) is 0.364. The Bertz CT molecular complexity index is 420. The van der Waals surface area contributed by atoms with Crippen molar-refractivity contribution >= 4 is 11.8 Å². The molecule has 0 saturated heterocycles. The number of likely N-dealkylation sites (N-methyl/N-ethyl adjacent to an activating group) is 1. The third-order valence-electron chi connectivity index (χ3n) is 2.08. The van der Waals surface area contributed by atoms with Crippen LogP contribution in [-0.2, 0) is 4.79 Å². The zero-order valence-electron chi connectivity index (χ0n) is 9.73. The van der Waals surface area contributed by atoms with Gasteiger partial charge in [0.05, 0.1) is 11.8 Å². The maximum absolute atomic E-state index is 11.7. The van der Waals surface area contributed by atoms with E-state index < -0.39 is 11.9 Å². The zero-order chi connectivity index (χ0) is 12.8. The summed E-state index contributed by atoms with van der Waals surface area (Å²) >= 11 is 0. The lowest BCUT2D eigenvalue weighted by molar-refractivity contribution is -0.122. The molecule has 0 radical (unpaired) electrons. The summed E-state index contributed by atoms with van der Waals surface area (Å²) in [4.78, 5) is 26.7. The second-order valence-corrected chi connectivity index (χ2v) is 3.52. The van der Waals surface area contributed by atoms with Gasteiger partial charge in [0.2, 0.25) is 5.91 Å². The molecule has 0 bridgehead atoms. The van der Waals surface area contributed by atoms with Crippen LogP contribution in [0.4, 0.5) is 0 Å². The summed E-state index contributed by atoms with van der Waals surface area (Å²) in [6.07, 6.45) is 2.55. The molecule has 2 amide bonds. The van der Waals surface area contributed by atoms with Gasteiger partial charge in [-0.1, -0.05) is 0 Å². The number of carbonyl (C=O) groups is 2. The van der Waals surface area contributed by atoms with Gasteiger partial charge in [-0.25, -0.2) is 0 Å². The van der Waals surface area contributed by atoms with Crippen LogP contribution < -0.4 is 10.6 Å². The second-order valence-electron chi connectivity index (χ2n) is 3.52. The predicted molar refractivity (Wildman–Crippen MR) is 61.5 cm³/mol. The number of aromatic hydroxyl groups is 1. The SMILES string of the molecule is CCNC(=O)C(C)NC(=O)c1cncc(O)c1. The molecule has 1 unspecified atom stereocenters. The summed E-state index contributed by atoms with van der Waals surface area (Å²) in [6, 6.07) is 0.650. The summed E-state index contributed by atoms with van der Waals surface area (Å²) in [5.74, 6) is -0.801. The van der Waals surface area contributed by atoms with E-state index in [1.165, 1.54) is 18.5 Å². The molecule has 3 N–H and O–H groups in total. The van der Waals surface area contributed by atoms with Gasteiger partial charge in [0, 0.05) is 12.7 Å². The van der Waals surface area contributed by atoms with Gasteiger partial charge in [-0.3, -0.25) is 14.6 Å². The maximum Gasteiger partial charge on any atom is 0.253 e. The van der Waals surface area contributed by atoms with Crippen LogP contribution in [0, 0.1) is 0 Å². The van der Waals surface area contributed by atoms with Crippen LogP contribution in [0.15, 0.2) is 18.5 Å². The highest BCUT2D eigenvalue weighted by atomic mass is 16.3. The largest absolute Gasteiger partial charge is 0.506 e. The standard InChI is InChI=1S/C11H15N3O3/c1-3-13-10(16)7(2)14-11(17)8-4-9(15)6-12-5-8/h4-7,15H,3H2,1-2H3,(H,13,16)(H,14,17). The molecule has 1 heterocycles. The molecule has 0 aromatic carbocycles. The molecule has 1 aromatic rings. The van der Waals surface area contributed by atoms with Crippen molar-refractivity contribution in [3.05, 3.63) is 24.0 Å². The van der Waals surface area contributed by atoms with Crippen LogP contribution in [-0.4, -0.2) is 34.5 Å². The van der Waals surface area contributed by atoms with Crippen molar-refractivity contribution in [2.75, 3.05) is 6.54 Å². The van der Waals surface area contributed by atoms with Crippen LogP contribution >= 0.6 is 0 Å². The Balaban J connectivity index is 2.63. The average Bonchev–Trinajstić information content (AvgIpc) is 2.29. The van der Waals surface area contributed by atoms with E-state index >= 15 is 0 Å². The number of nitrogens with zero attached hydrogens (tertiary/aromatic N) is 1. The molecular weight excluding hydrogens is 222 g/mol. The van der Waals surface area contributed by atoms with E-state index in [1.807, 2.05) is 0 Å². The Morgan fingerprint density at radius 2 is 2.18 bits per heavy atom. The van der Waals surface area contributed by atoms with Gasteiger partial charge >= 0.3 is 0 Å². The van der Waals surface area contributed by atoms with E-state index in [0.29, 0.717) is 6.54 Å². The Hall–Kier alpha value is -2.11. The molecule has 0 fully saturated rings. The zero-order valence-corrected chi connectivity index (χ0v) is 9.73. The molecule has 0 aliphatic rings. The van der Waals surface area contributed by atoms with Gasteiger partial charge in [0.25, 0.3) is 5.91 Å². The molecule has 0 aliphatic heterocycles. The Labute approximate surface area is 99.1 Å². The first-order valence-electron chi connectivity index (χ1n) is 5.27.